The molecule has 0 radical (unpaired) electrons. The minimum absolute atomic E-state index is 0.276. The van der Waals surface area contributed by atoms with Crippen molar-refractivity contribution in [1.29, 1.82) is 0 Å². The molecule has 86 valence electrons. The lowest BCUT2D eigenvalue weighted by molar-refractivity contribution is 0.276. The second-order valence-electron chi connectivity index (χ2n) is 3.90. The summed E-state index contributed by atoms with van der Waals surface area (Å²) in [6.45, 7) is 7.56. The van der Waals surface area contributed by atoms with Crippen LogP contribution >= 0.6 is 22.6 Å². The fourth-order valence-electron chi connectivity index (χ4n) is 1.85. The van der Waals surface area contributed by atoms with Crippen molar-refractivity contribution in [2.75, 3.05) is 0 Å². The van der Waals surface area contributed by atoms with Crippen LogP contribution in [0.1, 0.15) is 45.8 Å². The van der Waals surface area contributed by atoms with Crippen molar-refractivity contribution in [3.05, 3.63) is 21.7 Å². The molecule has 1 aromatic rings. The molecule has 0 unspecified atom stereocenters. The standard InChI is InChI=1S/C12H20INO/c1-4-12(5-2,6-3)14-9-10-7-8-11(13)15-10/h7-8,14H,4-6,9H2,1-3H3. The van der Waals surface area contributed by atoms with Gasteiger partial charge in [-0.1, -0.05) is 20.8 Å². The first-order valence-corrected chi connectivity index (χ1v) is 6.73. The Labute approximate surface area is 106 Å². The molecule has 0 atom stereocenters. The Hall–Kier alpha value is -0.0300. The Kier molecular flexibility index (Phi) is 5.12. The van der Waals surface area contributed by atoms with Crippen LogP contribution in [-0.2, 0) is 6.54 Å². The molecule has 1 rings (SSSR count). The van der Waals surface area contributed by atoms with E-state index < -0.39 is 0 Å². The molecular formula is C12H20INO. The van der Waals surface area contributed by atoms with Gasteiger partial charge in [-0.3, -0.25) is 0 Å². The average molecular weight is 321 g/mol. The molecule has 1 aromatic heterocycles. The van der Waals surface area contributed by atoms with Gasteiger partial charge in [-0.2, -0.15) is 0 Å². The van der Waals surface area contributed by atoms with Gasteiger partial charge in [-0.15, -0.1) is 0 Å². The van der Waals surface area contributed by atoms with Crippen LogP contribution in [0.15, 0.2) is 16.5 Å². The van der Waals surface area contributed by atoms with E-state index >= 15 is 0 Å². The monoisotopic (exact) mass is 321 g/mol. The van der Waals surface area contributed by atoms with Crippen molar-refractivity contribution in [2.24, 2.45) is 0 Å². The van der Waals surface area contributed by atoms with Crippen LogP contribution in [0.2, 0.25) is 0 Å². The van der Waals surface area contributed by atoms with Crippen LogP contribution in [0.5, 0.6) is 0 Å². The predicted molar refractivity (Wildman–Crippen MR) is 71.9 cm³/mol. The fourth-order valence-corrected chi connectivity index (χ4v) is 2.31. The third-order valence-corrected chi connectivity index (χ3v) is 3.88. The molecule has 0 aliphatic rings. The molecule has 0 aromatic carbocycles. The maximum atomic E-state index is 5.54. The molecule has 0 saturated carbocycles. The fraction of sp³-hybridized carbons (Fsp3) is 0.667. The molecule has 0 amide bonds. The molecule has 15 heavy (non-hydrogen) atoms. The third kappa shape index (κ3) is 3.48. The smallest absolute Gasteiger partial charge is 0.164 e. The minimum Gasteiger partial charge on any atom is -0.454 e. The molecule has 1 heterocycles. The predicted octanol–water partition coefficient (Wildman–Crippen LogP) is 3.94. The highest BCUT2D eigenvalue weighted by atomic mass is 127. The number of nitrogens with one attached hydrogen (secondary N) is 1. The van der Waals surface area contributed by atoms with Gasteiger partial charge >= 0.3 is 0 Å². The minimum atomic E-state index is 0.276. The molecule has 0 bridgehead atoms. The quantitative estimate of drug-likeness (QED) is 0.803. The second-order valence-corrected chi connectivity index (χ2v) is 4.96. The number of rotatable bonds is 6. The Balaban J connectivity index is 2.54. The van der Waals surface area contributed by atoms with Gasteiger partial charge in [0, 0.05) is 5.54 Å². The molecule has 3 heteroatoms. The van der Waals surface area contributed by atoms with Gasteiger partial charge in [0.15, 0.2) is 3.77 Å². The first-order valence-electron chi connectivity index (χ1n) is 5.65. The Morgan fingerprint density at radius 1 is 1.20 bits per heavy atom. The van der Waals surface area contributed by atoms with E-state index in [1.165, 1.54) is 0 Å². The van der Waals surface area contributed by atoms with Gasteiger partial charge in [-0.25, -0.2) is 0 Å². The van der Waals surface area contributed by atoms with Crippen molar-refractivity contribution < 1.29 is 4.42 Å². The molecule has 2 nitrogen and oxygen atoms in total. The summed E-state index contributed by atoms with van der Waals surface area (Å²) < 4.78 is 6.49. The Morgan fingerprint density at radius 2 is 1.80 bits per heavy atom. The molecule has 0 spiro atoms. The normalized spacial score (nSPS) is 12.0. The van der Waals surface area contributed by atoms with E-state index in [0.29, 0.717) is 0 Å². The lowest BCUT2D eigenvalue weighted by atomic mass is 9.90. The van der Waals surface area contributed by atoms with E-state index in [4.69, 9.17) is 4.42 Å². The van der Waals surface area contributed by atoms with E-state index in [1.807, 2.05) is 12.1 Å². The molecule has 0 aliphatic heterocycles. The maximum absolute atomic E-state index is 5.54. The molecule has 0 fully saturated rings. The van der Waals surface area contributed by atoms with Gasteiger partial charge in [0.2, 0.25) is 0 Å². The van der Waals surface area contributed by atoms with Crippen LogP contribution in [0.3, 0.4) is 0 Å². The van der Waals surface area contributed by atoms with Crippen LogP contribution in [0.4, 0.5) is 0 Å². The van der Waals surface area contributed by atoms with Crippen molar-refractivity contribution >= 4 is 22.6 Å². The Morgan fingerprint density at radius 3 is 2.20 bits per heavy atom. The lowest BCUT2D eigenvalue weighted by Crippen LogP contribution is -2.42. The van der Waals surface area contributed by atoms with Gasteiger partial charge in [0.1, 0.15) is 5.76 Å². The van der Waals surface area contributed by atoms with Crippen molar-refractivity contribution in [2.45, 2.75) is 52.1 Å². The van der Waals surface area contributed by atoms with Crippen LogP contribution in [-0.4, -0.2) is 5.54 Å². The number of hydrogen-bond donors (Lipinski definition) is 1. The highest BCUT2D eigenvalue weighted by Crippen LogP contribution is 2.20. The summed E-state index contributed by atoms with van der Waals surface area (Å²) in [5.74, 6) is 1.03. The summed E-state index contributed by atoms with van der Waals surface area (Å²) in [4.78, 5) is 0. The maximum Gasteiger partial charge on any atom is 0.164 e. The summed E-state index contributed by atoms with van der Waals surface area (Å²) in [7, 11) is 0. The highest BCUT2D eigenvalue weighted by Gasteiger charge is 2.22. The van der Waals surface area contributed by atoms with E-state index in [2.05, 4.69) is 48.7 Å². The summed E-state index contributed by atoms with van der Waals surface area (Å²) >= 11 is 2.19. The van der Waals surface area contributed by atoms with Gasteiger partial charge < -0.3 is 9.73 Å². The first-order chi connectivity index (χ1) is 7.15. The third-order valence-electron chi connectivity index (χ3n) is 3.30. The first kappa shape index (κ1) is 13.0. The number of furan rings is 1. The van der Waals surface area contributed by atoms with Crippen molar-refractivity contribution in [3.63, 3.8) is 0 Å². The molecule has 1 N–H and O–H groups in total. The SMILES string of the molecule is CCC(CC)(CC)NCc1ccc(I)o1. The Bertz CT molecular complexity index is 283. The average Bonchev–Trinajstić information content (AvgIpc) is 2.67. The number of hydrogen-bond acceptors (Lipinski definition) is 2. The van der Waals surface area contributed by atoms with Gasteiger partial charge in [0.05, 0.1) is 6.54 Å². The molecule has 0 saturated heterocycles. The zero-order valence-electron chi connectivity index (χ0n) is 9.77. The molecule has 0 aliphatic carbocycles. The van der Waals surface area contributed by atoms with E-state index in [9.17, 15) is 0 Å². The second kappa shape index (κ2) is 5.89. The highest BCUT2D eigenvalue weighted by molar-refractivity contribution is 14.1. The summed E-state index contributed by atoms with van der Waals surface area (Å²) in [6.07, 6.45) is 3.49. The van der Waals surface area contributed by atoms with Crippen molar-refractivity contribution in [1.82, 2.24) is 5.32 Å². The van der Waals surface area contributed by atoms with Crippen molar-refractivity contribution in [3.8, 4) is 0 Å². The zero-order chi connectivity index (χ0) is 11.3. The van der Waals surface area contributed by atoms with Gasteiger partial charge in [0.25, 0.3) is 0 Å². The molecular weight excluding hydrogens is 301 g/mol. The summed E-state index contributed by atoms with van der Waals surface area (Å²) in [6, 6.07) is 4.05. The van der Waals surface area contributed by atoms with E-state index in [1.54, 1.807) is 0 Å². The lowest BCUT2D eigenvalue weighted by Gasteiger charge is -2.31. The van der Waals surface area contributed by atoms with Crippen LogP contribution < -0.4 is 5.32 Å². The topological polar surface area (TPSA) is 25.2 Å². The number of halogens is 1. The summed E-state index contributed by atoms with van der Waals surface area (Å²) in [5, 5.41) is 3.61. The summed E-state index contributed by atoms with van der Waals surface area (Å²) in [5.41, 5.74) is 0.276. The zero-order valence-corrected chi connectivity index (χ0v) is 11.9. The van der Waals surface area contributed by atoms with Gasteiger partial charge in [-0.05, 0) is 54.0 Å². The largest absolute Gasteiger partial charge is 0.454 e. The van der Waals surface area contributed by atoms with E-state index in [-0.39, 0.29) is 5.54 Å². The van der Waals surface area contributed by atoms with E-state index in [0.717, 1.165) is 35.3 Å². The van der Waals surface area contributed by atoms with Crippen LogP contribution in [0, 0.1) is 3.77 Å². The van der Waals surface area contributed by atoms with Crippen LogP contribution in [0.25, 0.3) is 0 Å².